The van der Waals surface area contributed by atoms with Crippen LogP contribution in [0.3, 0.4) is 0 Å². The number of aryl methyl sites for hydroxylation is 2. The van der Waals surface area contributed by atoms with Gasteiger partial charge in [0.2, 0.25) is 0 Å². The van der Waals surface area contributed by atoms with E-state index in [9.17, 15) is 0 Å². The summed E-state index contributed by atoms with van der Waals surface area (Å²) in [6.07, 6.45) is 0. The molecule has 0 saturated carbocycles. The quantitative estimate of drug-likeness (QED) is 0.698. The van der Waals surface area contributed by atoms with Crippen LogP contribution in [0.25, 0.3) is 0 Å². The molecule has 1 atom stereocenters. The Morgan fingerprint density at radius 1 is 1.22 bits per heavy atom. The lowest BCUT2D eigenvalue weighted by Gasteiger charge is -2.16. The lowest BCUT2D eigenvalue weighted by Crippen LogP contribution is -2.00. The summed E-state index contributed by atoms with van der Waals surface area (Å²) >= 11 is 5.55. The molecule has 1 aromatic carbocycles. The molecule has 1 aromatic heterocycles. The zero-order valence-corrected chi connectivity index (χ0v) is 13.3. The zero-order chi connectivity index (χ0) is 13.1. The standard InChI is InChI=1S/C15H17BrOS/c1-4-17-14-6-5-10(2)7-12(14)15(16)13-9-18-8-11(13)3/h5-9,15H,4H2,1-3H3. The molecule has 2 aromatic rings. The van der Waals surface area contributed by atoms with Crippen molar-refractivity contribution in [3.63, 3.8) is 0 Å². The minimum atomic E-state index is 0.199. The highest BCUT2D eigenvalue weighted by Gasteiger charge is 2.18. The van der Waals surface area contributed by atoms with Crippen LogP contribution in [-0.4, -0.2) is 6.61 Å². The van der Waals surface area contributed by atoms with Crippen LogP contribution in [0.2, 0.25) is 0 Å². The maximum absolute atomic E-state index is 5.72. The number of halogens is 1. The molecule has 1 heterocycles. The van der Waals surface area contributed by atoms with E-state index < -0.39 is 0 Å². The lowest BCUT2D eigenvalue weighted by molar-refractivity contribution is 0.337. The van der Waals surface area contributed by atoms with Gasteiger partial charge in [0, 0.05) is 5.56 Å². The molecule has 0 spiro atoms. The van der Waals surface area contributed by atoms with Crippen LogP contribution in [0, 0.1) is 13.8 Å². The molecule has 0 aliphatic heterocycles. The molecule has 3 heteroatoms. The summed E-state index contributed by atoms with van der Waals surface area (Å²) in [6, 6.07) is 6.35. The van der Waals surface area contributed by atoms with E-state index in [1.807, 2.05) is 6.92 Å². The second-order valence-electron chi connectivity index (χ2n) is 4.35. The molecule has 0 fully saturated rings. The molecule has 0 radical (unpaired) electrons. The lowest BCUT2D eigenvalue weighted by atomic mass is 10.0. The highest BCUT2D eigenvalue weighted by molar-refractivity contribution is 9.09. The SMILES string of the molecule is CCOc1ccc(C)cc1C(Br)c1cscc1C. The van der Waals surface area contributed by atoms with Gasteiger partial charge in [0.25, 0.3) is 0 Å². The Hall–Kier alpha value is -0.800. The number of ether oxygens (including phenoxy) is 1. The normalized spacial score (nSPS) is 12.4. The van der Waals surface area contributed by atoms with Crippen molar-refractivity contribution in [2.45, 2.75) is 25.6 Å². The molecule has 1 unspecified atom stereocenters. The van der Waals surface area contributed by atoms with Crippen molar-refractivity contribution in [1.29, 1.82) is 0 Å². The number of alkyl halides is 1. The molecule has 0 aliphatic rings. The molecule has 0 saturated heterocycles. The van der Waals surface area contributed by atoms with Crippen LogP contribution in [0.1, 0.15) is 34.0 Å². The van der Waals surface area contributed by atoms with Gasteiger partial charge in [0.05, 0.1) is 11.4 Å². The highest BCUT2D eigenvalue weighted by Crippen LogP contribution is 2.39. The van der Waals surface area contributed by atoms with Gasteiger partial charge in [0.1, 0.15) is 5.75 Å². The second-order valence-corrected chi connectivity index (χ2v) is 6.01. The van der Waals surface area contributed by atoms with Gasteiger partial charge in [-0.3, -0.25) is 0 Å². The Morgan fingerprint density at radius 3 is 2.61 bits per heavy atom. The zero-order valence-electron chi connectivity index (χ0n) is 10.9. The maximum Gasteiger partial charge on any atom is 0.123 e. The minimum absolute atomic E-state index is 0.199. The van der Waals surface area contributed by atoms with Crippen LogP contribution in [0.5, 0.6) is 5.75 Å². The maximum atomic E-state index is 5.72. The molecule has 96 valence electrons. The van der Waals surface area contributed by atoms with Crippen LogP contribution < -0.4 is 4.74 Å². The van der Waals surface area contributed by atoms with E-state index in [4.69, 9.17) is 4.74 Å². The van der Waals surface area contributed by atoms with Crippen LogP contribution in [0.4, 0.5) is 0 Å². The van der Waals surface area contributed by atoms with Crippen molar-refractivity contribution in [3.05, 3.63) is 51.2 Å². The van der Waals surface area contributed by atoms with Crippen molar-refractivity contribution in [3.8, 4) is 5.75 Å². The van der Waals surface area contributed by atoms with Crippen molar-refractivity contribution in [2.75, 3.05) is 6.61 Å². The predicted molar refractivity (Wildman–Crippen MR) is 82.2 cm³/mol. The first-order chi connectivity index (χ1) is 8.63. The number of thiophene rings is 1. The van der Waals surface area contributed by atoms with Crippen molar-refractivity contribution in [2.24, 2.45) is 0 Å². The highest BCUT2D eigenvalue weighted by atomic mass is 79.9. The minimum Gasteiger partial charge on any atom is -0.494 e. The van der Waals surface area contributed by atoms with E-state index in [0.717, 1.165) is 5.75 Å². The van der Waals surface area contributed by atoms with Crippen LogP contribution in [0.15, 0.2) is 29.0 Å². The molecule has 1 nitrogen and oxygen atoms in total. The molecule has 0 N–H and O–H groups in total. The molecular weight excluding hydrogens is 308 g/mol. The summed E-state index contributed by atoms with van der Waals surface area (Å²) in [5.41, 5.74) is 5.11. The summed E-state index contributed by atoms with van der Waals surface area (Å²) < 4.78 is 5.72. The first kappa shape index (κ1) is 13.6. The largest absolute Gasteiger partial charge is 0.494 e. The fourth-order valence-corrected chi connectivity index (χ4v) is 3.85. The number of benzene rings is 1. The van der Waals surface area contributed by atoms with E-state index in [1.165, 1.54) is 22.3 Å². The van der Waals surface area contributed by atoms with Gasteiger partial charge < -0.3 is 4.74 Å². The summed E-state index contributed by atoms with van der Waals surface area (Å²) in [4.78, 5) is 0.199. The Bertz CT molecular complexity index is 533. The summed E-state index contributed by atoms with van der Waals surface area (Å²) in [5.74, 6) is 0.968. The summed E-state index contributed by atoms with van der Waals surface area (Å²) in [6.45, 7) is 6.97. The fraction of sp³-hybridized carbons (Fsp3) is 0.333. The van der Waals surface area contributed by atoms with E-state index in [-0.39, 0.29) is 4.83 Å². The van der Waals surface area contributed by atoms with E-state index in [0.29, 0.717) is 6.61 Å². The van der Waals surface area contributed by atoms with Crippen molar-refractivity contribution < 1.29 is 4.74 Å². The average molecular weight is 325 g/mol. The van der Waals surface area contributed by atoms with Gasteiger partial charge in [-0.15, -0.1) is 0 Å². The van der Waals surface area contributed by atoms with Gasteiger partial charge in [-0.05, 0) is 48.7 Å². The summed E-state index contributed by atoms with van der Waals surface area (Å²) in [5, 5.41) is 4.38. The van der Waals surface area contributed by atoms with Crippen LogP contribution >= 0.6 is 27.3 Å². The van der Waals surface area contributed by atoms with Crippen molar-refractivity contribution in [1.82, 2.24) is 0 Å². The van der Waals surface area contributed by atoms with Gasteiger partial charge in [-0.25, -0.2) is 0 Å². The first-order valence-corrected chi connectivity index (χ1v) is 7.89. The second kappa shape index (κ2) is 5.89. The topological polar surface area (TPSA) is 9.23 Å². The Labute approximate surface area is 121 Å². The number of hydrogen-bond acceptors (Lipinski definition) is 2. The molecule has 0 aliphatic carbocycles. The predicted octanol–water partition coefficient (Wildman–Crippen LogP) is 5.25. The smallest absolute Gasteiger partial charge is 0.123 e. The van der Waals surface area contributed by atoms with Gasteiger partial charge in [0.15, 0.2) is 0 Å². The fourth-order valence-electron chi connectivity index (χ4n) is 1.95. The Balaban J connectivity index is 2.43. The molecule has 2 rings (SSSR count). The molecule has 0 amide bonds. The van der Waals surface area contributed by atoms with E-state index >= 15 is 0 Å². The Morgan fingerprint density at radius 2 is 2.00 bits per heavy atom. The summed E-state index contributed by atoms with van der Waals surface area (Å²) in [7, 11) is 0. The van der Waals surface area contributed by atoms with Crippen molar-refractivity contribution >= 4 is 27.3 Å². The molecular formula is C15H17BrOS. The monoisotopic (exact) mass is 324 g/mol. The average Bonchev–Trinajstić information content (AvgIpc) is 2.77. The van der Waals surface area contributed by atoms with E-state index in [2.05, 4.69) is 58.7 Å². The van der Waals surface area contributed by atoms with Gasteiger partial charge in [-0.1, -0.05) is 33.6 Å². The van der Waals surface area contributed by atoms with Gasteiger partial charge in [-0.2, -0.15) is 11.3 Å². The third-order valence-corrected chi connectivity index (χ3v) is 4.77. The molecule has 18 heavy (non-hydrogen) atoms. The third-order valence-electron chi connectivity index (χ3n) is 2.91. The molecule has 0 bridgehead atoms. The number of hydrogen-bond donors (Lipinski definition) is 0. The van der Waals surface area contributed by atoms with E-state index in [1.54, 1.807) is 11.3 Å². The Kier molecular flexibility index (Phi) is 4.46. The van der Waals surface area contributed by atoms with Gasteiger partial charge >= 0.3 is 0 Å². The van der Waals surface area contributed by atoms with Crippen LogP contribution in [-0.2, 0) is 0 Å². The third kappa shape index (κ3) is 2.78. The first-order valence-electron chi connectivity index (χ1n) is 6.03. The number of rotatable bonds is 4.